The van der Waals surface area contributed by atoms with E-state index in [2.05, 4.69) is 231 Å². The molecule has 314 valence electrons. The predicted octanol–water partition coefficient (Wildman–Crippen LogP) is 15.5. The summed E-state index contributed by atoms with van der Waals surface area (Å²) >= 11 is 0. The van der Waals surface area contributed by atoms with Crippen molar-refractivity contribution in [1.82, 2.24) is 18.3 Å². The summed E-state index contributed by atoms with van der Waals surface area (Å²) in [6.45, 7) is 0. The first-order chi connectivity index (χ1) is 33.7. The Balaban J connectivity index is 1.13. The fraction of sp³-hybridized carbons (Fsp3) is 0. The van der Waals surface area contributed by atoms with Crippen molar-refractivity contribution >= 4 is 87.2 Å². The highest BCUT2D eigenvalue weighted by Gasteiger charge is 2.25. The Hall–Kier alpha value is -9.62. The smallest absolute Gasteiger partial charge is 0.104 e. The fourth-order valence-electron chi connectivity index (χ4n) is 11.1. The third kappa shape index (κ3) is 5.31. The summed E-state index contributed by atoms with van der Waals surface area (Å²) in [5.74, 6) is 0. The van der Waals surface area contributed by atoms with Gasteiger partial charge in [0.1, 0.15) is 11.6 Å². The van der Waals surface area contributed by atoms with Crippen LogP contribution >= 0.6 is 0 Å². The van der Waals surface area contributed by atoms with Gasteiger partial charge in [-0.3, -0.25) is 0 Å². The maximum atomic E-state index is 11.8. The van der Waals surface area contributed by atoms with Gasteiger partial charge in [-0.1, -0.05) is 121 Å². The van der Waals surface area contributed by atoms with Crippen molar-refractivity contribution in [2.75, 3.05) is 0 Å². The molecule has 0 fully saturated rings. The number of nitriles is 2. The molecule has 4 aromatic heterocycles. The lowest BCUT2D eigenvalue weighted by Gasteiger charge is -2.18. The van der Waals surface area contributed by atoms with Gasteiger partial charge in [0.2, 0.25) is 0 Å². The number of fused-ring (bicyclic) bond motifs is 12. The van der Waals surface area contributed by atoms with E-state index in [9.17, 15) is 10.5 Å². The molecule has 0 aliphatic heterocycles. The SMILES string of the molecule is N#Cc1cccc(-c2cc(-n3c4ccccc4c4cc5c(cc43)c3ccccc3n5-c3ccccc3)c(C#N)c(-n3c4ccccc4c4cc5c(cc43)c3ccccc3n5-c3ccccc3)c2)c1. The molecule has 0 amide bonds. The van der Waals surface area contributed by atoms with Gasteiger partial charge in [0.25, 0.3) is 0 Å². The summed E-state index contributed by atoms with van der Waals surface area (Å²) in [4.78, 5) is 0. The first kappa shape index (κ1) is 37.7. The lowest BCUT2D eigenvalue weighted by atomic mass is 9.98. The molecule has 0 aliphatic rings. The first-order valence-electron chi connectivity index (χ1n) is 22.8. The maximum Gasteiger partial charge on any atom is 0.104 e. The van der Waals surface area contributed by atoms with Crippen molar-refractivity contribution in [3.05, 3.63) is 230 Å². The topological polar surface area (TPSA) is 67.3 Å². The van der Waals surface area contributed by atoms with E-state index >= 15 is 0 Å². The zero-order chi connectivity index (χ0) is 45.0. The van der Waals surface area contributed by atoms with Crippen LogP contribution in [0, 0.1) is 22.7 Å². The second-order valence-corrected chi connectivity index (χ2v) is 17.5. The van der Waals surface area contributed by atoms with Crippen molar-refractivity contribution in [2.45, 2.75) is 0 Å². The zero-order valence-corrected chi connectivity index (χ0v) is 36.5. The monoisotopic (exact) mass is 864 g/mol. The largest absolute Gasteiger partial charge is 0.309 e. The van der Waals surface area contributed by atoms with E-state index in [1.54, 1.807) is 0 Å². The zero-order valence-electron chi connectivity index (χ0n) is 36.5. The van der Waals surface area contributed by atoms with Crippen LogP contribution in [0.5, 0.6) is 0 Å². The molecule has 0 unspecified atom stereocenters. The summed E-state index contributed by atoms with van der Waals surface area (Å²) in [6.07, 6.45) is 0. The molecule has 0 aliphatic carbocycles. The molecule has 14 aromatic rings. The van der Waals surface area contributed by atoms with Crippen LogP contribution in [0.3, 0.4) is 0 Å². The van der Waals surface area contributed by atoms with Gasteiger partial charge in [-0.2, -0.15) is 10.5 Å². The Morgan fingerprint density at radius 3 is 1.03 bits per heavy atom. The predicted molar refractivity (Wildman–Crippen MR) is 279 cm³/mol. The van der Waals surface area contributed by atoms with E-state index in [-0.39, 0.29) is 0 Å². The molecule has 4 heterocycles. The number of hydrogen-bond acceptors (Lipinski definition) is 2. The molecule has 6 nitrogen and oxygen atoms in total. The summed E-state index contributed by atoms with van der Waals surface area (Å²) in [6, 6.07) is 81.8. The van der Waals surface area contributed by atoms with Crippen molar-refractivity contribution in [3.8, 4) is 46.0 Å². The summed E-state index contributed by atoms with van der Waals surface area (Å²) in [5.41, 5.74) is 15.1. The summed E-state index contributed by atoms with van der Waals surface area (Å²) in [5, 5.41) is 30.8. The first-order valence-corrected chi connectivity index (χ1v) is 22.8. The van der Waals surface area contributed by atoms with E-state index in [1.165, 1.54) is 0 Å². The number of hydrogen-bond donors (Lipinski definition) is 0. The van der Waals surface area contributed by atoms with Gasteiger partial charge in [-0.15, -0.1) is 0 Å². The Morgan fingerprint density at radius 1 is 0.265 bits per heavy atom. The highest BCUT2D eigenvalue weighted by molar-refractivity contribution is 6.21. The number of para-hydroxylation sites is 6. The molecule has 0 radical (unpaired) electrons. The van der Waals surface area contributed by atoms with E-state index in [0.29, 0.717) is 11.1 Å². The van der Waals surface area contributed by atoms with Crippen LogP contribution in [0.15, 0.2) is 218 Å². The molecular weight excluding hydrogens is 829 g/mol. The van der Waals surface area contributed by atoms with Crippen molar-refractivity contribution < 1.29 is 0 Å². The highest BCUT2D eigenvalue weighted by Crippen LogP contribution is 2.44. The molecule has 0 bridgehead atoms. The lowest BCUT2D eigenvalue weighted by molar-refractivity contribution is 1.12. The normalized spacial score (nSPS) is 11.8. The average Bonchev–Trinajstić information content (AvgIpc) is 4.12. The molecule has 6 heteroatoms. The van der Waals surface area contributed by atoms with Crippen molar-refractivity contribution in [2.24, 2.45) is 0 Å². The van der Waals surface area contributed by atoms with Crippen LogP contribution in [0.25, 0.3) is 121 Å². The van der Waals surface area contributed by atoms with Crippen LogP contribution < -0.4 is 0 Å². The standard InChI is InChI=1S/C62H36N6/c63-37-39-16-15-17-40(30-39)41-31-57(67-55-28-13-9-24-46(55)50-33-59-48(35-61(50)67)44-22-7-11-26-53(44)65(59)42-18-3-1-4-19-42)52(38-64)58(32-41)68-56-29-14-10-25-47(56)51-34-60-49(36-62(51)68)45-23-8-12-27-54(45)66(60)43-20-5-2-6-21-43/h1-36H. The third-order valence-corrected chi connectivity index (χ3v) is 14.0. The number of aromatic nitrogens is 4. The quantitative estimate of drug-likeness (QED) is 0.173. The molecule has 14 rings (SSSR count). The molecule has 68 heavy (non-hydrogen) atoms. The Kier molecular flexibility index (Phi) is 8.01. The molecule has 0 saturated carbocycles. The lowest BCUT2D eigenvalue weighted by Crippen LogP contribution is -2.05. The van der Waals surface area contributed by atoms with Crippen LogP contribution in [0.1, 0.15) is 11.1 Å². The minimum absolute atomic E-state index is 0.536. The average molecular weight is 865 g/mol. The van der Waals surface area contributed by atoms with E-state index in [4.69, 9.17) is 0 Å². The van der Waals surface area contributed by atoms with Crippen molar-refractivity contribution in [3.63, 3.8) is 0 Å². The van der Waals surface area contributed by atoms with Crippen LogP contribution in [0.2, 0.25) is 0 Å². The second-order valence-electron chi connectivity index (χ2n) is 17.5. The highest BCUT2D eigenvalue weighted by atomic mass is 15.0. The van der Waals surface area contributed by atoms with E-state index < -0.39 is 0 Å². The van der Waals surface area contributed by atoms with Gasteiger partial charge in [0.05, 0.1) is 67.1 Å². The van der Waals surface area contributed by atoms with Gasteiger partial charge < -0.3 is 18.3 Å². The molecule has 0 spiro atoms. The Labute approximate surface area is 389 Å². The van der Waals surface area contributed by atoms with Gasteiger partial charge >= 0.3 is 0 Å². The Morgan fingerprint density at radius 2 is 0.632 bits per heavy atom. The molecule has 10 aromatic carbocycles. The fourth-order valence-corrected chi connectivity index (χ4v) is 11.1. The van der Waals surface area contributed by atoms with Crippen LogP contribution in [0.4, 0.5) is 0 Å². The maximum absolute atomic E-state index is 11.8. The number of nitrogens with zero attached hydrogens (tertiary/aromatic N) is 6. The van der Waals surface area contributed by atoms with Gasteiger partial charge in [0.15, 0.2) is 0 Å². The second kappa shape index (κ2) is 14.4. The molecule has 0 saturated heterocycles. The third-order valence-electron chi connectivity index (χ3n) is 14.0. The molecule has 0 atom stereocenters. The van der Waals surface area contributed by atoms with Crippen LogP contribution in [-0.4, -0.2) is 18.3 Å². The number of rotatable bonds is 5. The van der Waals surface area contributed by atoms with Gasteiger partial charge in [-0.25, -0.2) is 0 Å². The minimum atomic E-state index is 0.536. The van der Waals surface area contributed by atoms with Crippen LogP contribution in [-0.2, 0) is 0 Å². The summed E-state index contributed by atoms with van der Waals surface area (Å²) < 4.78 is 9.29. The van der Waals surface area contributed by atoms with Gasteiger partial charge in [0, 0.05) is 54.5 Å². The van der Waals surface area contributed by atoms with E-state index in [1.807, 2.05) is 18.2 Å². The minimum Gasteiger partial charge on any atom is -0.309 e. The van der Waals surface area contributed by atoms with Gasteiger partial charge in [-0.05, 0) is 108 Å². The summed E-state index contributed by atoms with van der Waals surface area (Å²) in [7, 11) is 0. The Bertz CT molecular complexity index is 4260. The molecular formula is C62H36N6. The number of benzene rings is 10. The van der Waals surface area contributed by atoms with Crippen molar-refractivity contribution in [1.29, 1.82) is 10.5 Å². The molecule has 0 N–H and O–H groups in total. The van der Waals surface area contributed by atoms with E-state index in [0.717, 1.165) is 121 Å².